The smallest absolute Gasteiger partial charge is 0.200 e. The van der Waals surface area contributed by atoms with Gasteiger partial charge >= 0.3 is 0 Å². The summed E-state index contributed by atoms with van der Waals surface area (Å²) in [6, 6.07) is 4.34. The molecular weight excluding hydrogens is 378 g/mol. The third kappa shape index (κ3) is 3.26. The normalized spacial score (nSPS) is 10.6. The molecule has 1 aromatic heterocycles. The Balaban J connectivity index is 2.14. The molecule has 0 fully saturated rings. The molecule has 1 heterocycles. The average molecular weight is 384 g/mol. The highest BCUT2D eigenvalue weighted by atomic mass is 79.9. The quantitative estimate of drug-likeness (QED) is 0.667. The topological polar surface area (TPSA) is 9.23 Å². The molecule has 0 amide bonds. The van der Waals surface area contributed by atoms with Crippen molar-refractivity contribution in [2.45, 2.75) is 6.61 Å². The van der Waals surface area contributed by atoms with Crippen molar-refractivity contribution in [1.29, 1.82) is 0 Å². The van der Waals surface area contributed by atoms with E-state index >= 15 is 0 Å². The Kier molecular flexibility index (Phi) is 4.17. The minimum Gasteiger partial charge on any atom is -0.485 e. The first-order chi connectivity index (χ1) is 8.06. The SMILES string of the molecule is Fc1cc(Br)cc(OCc2cc(Br)cs2)c1F. The molecule has 90 valence electrons. The van der Waals surface area contributed by atoms with Crippen LogP contribution in [0, 0.1) is 11.6 Å². The molecule has 1 aromatic carbocycles. The number of thiophene rings is 1. The fourth-order valence-corrected chi connectivity index (χ4v) is 2.99. The van der Waals surface area contributed by atoms with Crippen molar-refractivity contribution < 1.29 is 13.5 Å². The van der Waals surface area contributed by atoms with Gasteiger partial charge in [-0.2, -0.15) is 4.39 Å². The predicted molar refractivity (Wildman–Crippen MR) is 70.4 cm³/mol. The number of halogens is 4. The van der Waals surface area contributed by atoms with Crippen LogP contribution in [0.3, 0.4) is 0 Å². The molecule has 6 heteroatoms. The van der Waals surface area contributed by atoms with Gasteiger partial charge in [-0.1, -0.05) is 15.9 Å². The molecule has 0 saturated heterocycles. The van der Waals surface area contributed by atoms with Crippen LogP contribution < -0.4 is 4.74 Å². The van der Waals surface area contributed by atoms with E-state index in [2.05, 4.69) is 31.9 Å². The Morgan fingerprint density at radius 2 is 1.88 bits per heavy atom. The Bertz CT molecular complexity index is 542. The lowest BCUT2D eigenvalue weighted by Gasteiger charge is -2.07. The van der Waals surface area contributed by atoms with Gasteiger partial charge in [-0.25, -0.2) is 4.39 Å². The fourth-order valence-electron chi connectivity index (χ4n) is 1.22. The molecule has 0 aliphatic rings. The van der Waals surface area contributed by atoms with Crippen molar-refractivity contribution >= 4 is 43.2 Å². The molecule has 17 heavy (non-hydrogen) atoms. The van der Waals surface area contributed by atoms with E-state index in [-0.39, 0.29) is 12.4 Å². The van der Waals surface area contributed by atoms with Gasteiger partial charge < -0.3 is 4.74 Å². The van der Waals surface area contributed by atoms with E-state index in [1.165, 1.54) is 17.4 Å². The summed E-state index contributed by atoms with van der Waals surface area (Å²) in [6.45, 7) is 0.211. The second kappa shape index (κ2) is 5.46. The monoisotopic (exact) mass is 382 g/mol. The van der Waals surface area contributed by atoms with Crippen molar-refractivity contribution in [3.63, 3.8) is 0 Å². The van der Waals surface area contributed by atoms with Crippen LogP contribution in [0.2, 0.25) is 0 Å². The molecule has 0 spiro atoms. The van der Waals surface area contributed by atoms with Crippen molar-refractivity contribution in [2.24, 2.45) is 0 Å². The molecular formula is C11H6Br2F2OS. The van der Waals surface area contributed by atoms with Crippen LogP contribution in [0.15, 0.2) is 32.5 Å². The van der Waals surface area contributed by atoms with E-state index in [1.807, 2.05) is 11.4 Å². The summed E-state index contributed by atoms with van der Waals surface area (Å²) in [5, 5.41) is 1.90. The van der Waals surface area contributed by atoms with E-state index in [0.717, 1.165) is 15.4 Å². The molecule has 2 rings (SSSR count). The summed E-state index contributed by atoms with van der Waals surface area (Å²) in [5.74, 6) is -1.99. The molecule has 1 nitrogen and oxygen atoms in total. The Morgan fingerprint density at radius 3 is 2.53 bits per heavy atom. The molecule has 0 atom stereocenters. The van der Waals surface area contributed by atoms with Crippen LogP contribution in [0.5, 0.6) is 5.75 Å². The van der Waals surface area contributed by atoms with E-state index in [1.54, 1.807) is 0 Å². The van der Waals surface area contributed by atoms with E-state index in [0.29, 0.717) is 4.47 Å². The zero-order chi connectivity index (χ0) is 12.4. The molecule has 0 aliphatic carbocycles. The van der Waals surface area contributed by atoms with Crippen molar-refractivity contribution in [1.82, 2.24) is 0 Å². The highest BCUT2D eigenvalue weighted by Crippen LogP contribution is 2.27. The maximum atomic E-state index is 13.4. The van der Waals surface area contributed by atoms with Crippen LogP contribution in [0.1, 0.15) is 4.88 Å². The Hall–Kier alpha value is -0.460. The van der Waals surface area contributed by atoms with Crippen molar-refractivity contribution in [3.05, 3.63) is 49.0 Å². The Labute approximate surface area is 118 Å². The van der Waals surface area contributed by atoms with Gasteiger partial charge in [0.1, 0.15) is 6.61 Å². The van der Waals surface area contributed by atoms with Crippen LogP contribution >= 0.6 is 43.2 Å². The van der Waals surface area contributed by atoms with E-state index in [4.69, 9.17) is 4.74 Å². The Morgan fingerprint density at radius 1 is 1.12 bits per heavy atom. The summed E-state index contributed by atoms with van der Waals surface area (Å²) >= 11 is 7.88. The van der Waals surface area contributed by atoms with Crippen LogP contribution in [0.25, 0.3) is 0 Å². The molecule has 0 radical (unpaired) electrons. The summed E-state index contributed by atoms with van der Waals surface area (Å²) in [7, 11) is 0. The van der Waals surface area contributed by atoms with Crippen LogP contribution in [0.4, 0.5) is 8.78 Å². The number of rotatable bonds is 3. The number of hydrogen-bond acceptors (Lipinski definition) is 2. The number of ether oxygens (including phenoxy) is 1. The minimum atomic E-state index is -0.969. The van der Waals surface area contributed by atoms with Gasteiger partial charge in [0.2, 0.25) is 5.82 Å². The number of hydrogen-bond donors (Lipinski definition) is 0. The van der Waals surface area contributed by atoms with Gasteiger partial charge in [0.15, 0.2) is 11.6 Å². The van der Waals surface area contributed by atoms with Crippen LogP contribution in [-0.4, -0.2) is 0 Å². The standard InChI is InChI=1S/C11H6Br2F2OS/c12-6-2-9(14)11(15)10(3-6)16-4-8-1-7(13)5-17-8/h1-3,5H,4H2. The van der Waals surface area contributed by atoms with Gasteiger partial charge in [-0.3, -0.25) is 0 Å². The van der Waals surface area contributed by atoms with Gasteiger partial charge in [-0.15, -0.1) is 11.3 Å². The average Bonchev–Trinajstić information content (AvgIpc) is 2.67. The molecule has 0 N–H and O–H groups in total. The lowest BCUT2D eigenvalue weighted by Crippen LogP contribution is -1.97. The zero-order valence-electron chi connectivity index (χ0n) is 8.34. The van der Waals surface area contributed by atoms with Gasteiger partial charge in [-0.05, 0) is 34.1 Å². The second-order valence-electron chi connectivity index (χ2n) is 3.22. The maximum Gasteiger partial charge on any atom is 0.200 e. The first-order valence-electron chi connectivity index (χ1n) is 4.56. The van der Waals surface area contributed by atoms with Crippen molar-refractivity contribution in [2.75, 3.05) is 0 Å². The lowest BCUT2D eigenvalue weighted by molar-refractivity contribution is 0.287. The van der Waals surface area contributed by atoms with Gasteiger partial charge in [0.25, 0.3) is 0 Å². The second-order valence-corrected chi connectivity index (χ2v) is 6.05. The lowest BCUT2D eigenvalue weighted by atomic mass is 10.3. The summed E-state index contributed by atoms with van der Waals surface area (Å²) in [6.07, 6.45) is 0. The van der Waals surface area contributed by atoms with E-state index < -0.39 is 11.6 Å². The molecule has 0 aliphatic heterocycles. The number of benzene rings is 1. The first kappa shape index (κ1) is 13.0. The summed E-state index contributed by atoms with van der Waals surface area (Å²) in [4.78, 5) is 0.927. The van der Waals surface area contributed by atoms with Crippen LogP contribution in [-0.2, 0) is 6.61 Å². The predicted octanol–water partition coefficient (Wildman–Crippen LogP) is 5.13. The maximum absolute atomic E-state index is 13.4. The van der Waals surface area contributed by atoms with Gasteiger partial charge in [0.05, 0.1) is 0 Å². The third-order valence-corrected chi connectivity index (χ3v) is 4.08. The molecule has 0 bridgehead atoms. The largest absolute Gasteiger partial charge is 0.485 e. The molecule has 2 aromatic rings. The van der Waals surface area contributed by atoms with E-state index in [9.17, 15) is 8.78 Å². The molecule has 0 unspecified atom stereocenters. The van der Waals surface area contributed by atoms with Crippen molar-refractivity contribution in [3.8, 4) is 5.75 Å². The molecule has 0 saturated carbocycles. The summed E-state index contributed by atoms with van der Waals surface area (Å²) < 4.78 is 33.1. The van der Waals surface area contributed by atoms with Gasteiger partial charge in [0, 0.05) is 19.2 Å². The third-order valence-electron chi connectivity index (χ3n) is 1.95. The highest BCUT2D eigenvalue weighted by molar-refractivity contribution is 9.10. The minimum absolute atomic E-state index is 0.0959. The zero-order valence-corrected chi connectivity index (χ0v) is 12.3. The highest BCUT2D eigenvalue weighted by Gasteiger charge is 2.11. The fraction of sp³-hybridized carbons (Fsp3) is 0.0909. The first-order valence-corrected chi connectivity index (χ1v) is 7.03. The summed E-state index contributed by atoms with van der Waals surface area (Å²) in [5.41, 5.74) is 0.